The maximum Gasteiger partial charge on any atom is 0.349 e. The van der Waals surface area contributed by atoms with Crippen LogP contribution < -0.4 is 14.4 Å². The summed E-state index contributed by atoms with van der Waals surface area (Å²) >= 11 is 1.60. The molecule has 2 aromatic carbocycles. The predicted octanol–water partition coefficient (Wildman–Crippen LogP) is 4.13. The maximum atomic E-state index is 12.0. The third kappa shape index (κ3) is 4.28. The van der Waals surface area contributed by atoms with E-state index in [1.807, 2.05) is 30.3 Å². The van der Waals surface area contributed by atoms with Crippen molar-refractivity contribution in [3.05, 3.63) is 48.5 Å². The first-order valence-electron chi connectivity index (χ1n) is 8.23. The van der Waals surface area contributed by atoms with Gasteiger partial charge in [-0.1, -0.05) is 29.5 Å². The molecule has 0 aliphatic rings. The second kappa shape index (κ2) is 7.98. The van der Waals surface area contributed by atoms with Crippen LogP contribution in [0.4, 0.5) is 5.13 Å². The number of thiazole rings is 1. The highest BCUT2D eigenvalue weighted by Crippen LogP contribution is 2.31. The second-order valence-electron chi connectivity index (χ2n) is 5.37. The standard InChI is InChI=1S/C19H20N2O3S/c1-3-21(4-2)19-20-16-11-10-15(12-17(16)25-19)24-18(22)13-23-14-8-6-5-7-9-14/h5-12H,3-4,13H2,1-2H3. The summed E-state index contributed by atoms with van der Waals surface area (Å²) < 4.78 is 11.8. The van der Waals surface area contributed by atoms with Crippen LogP contribution in [0.5, 0.6) is 11.5 Å². The van der Waals surface area contributed by atoms with Crippen LogP contribution in [0.3, 0.4) is 0 Å². The largest absolute Gasteiger partial charge is 0.482 e. The molecular formula is C19H20N2O3S. The smallest absolute Gasteiger partial charge is 0.349 e. The Morgan fingerprint density at radius 1 is 1.08 bits per heavy atom. The van der Waals surface area contributed by atoms with Crippen LogP contribution in [-0.2, 0) is 4.79 Å². The molecule has 0 N–H and O–H groups in total. The summed E-state index contributed by atoms with van der Waals surface area (Å²) in [6.45, 7) is 5.91. The Labute approximate surface area is 150 Å². The lowest BCUT2D eigenvalue weighted by Gasteiger charge is -2.16. The lowest BCUT2D eigenvalue weighted by molar-refractivity contribution is -0.136. The Morgan fingerprint density at radius 2 is 1.84 bits per heavy atom. The van der Waals surface area contributed by atoms with Gasteiger partial charge in [-0.2, -0.15) is 0 Å². The molecule has 1 heterocycles. The SMILES string of the molecule is CCN(CC)c1nc2ccc(OC(=O)COc3ccccc3)cc2s1. The molecule has 0 radical (unpaired) electrons. The molecule has 0 saturated carbocycles. The lowest BCUT2D eigenvalue weighted by Crippen LogP contribution is -2.21. The molecule has 0 saturated heterocycles. The van der Waals surface area contributed by atoms with E-state index in [1.54, 1.807) is 29.5 Å². The molecule has 3 aromatic rings. The number of hydrogen-bond acceptors (Lipinski definition) is 6. The van der Waals surface area contributed by atoms with Crippen molar-refractivity contribution in [1.82, 2.24) is 4.98 Å². The van der Waals surface area contributed by atoms with Gasteiger partial charge in [0.1, 0.15) is 11.5 Å². The molecular weight excluding hydrogens is 336 g/mol. The van der Waals surface area contributed by atoms with Crippen LogP contribution in [0.25, 0.3) is 10.2 Å². The van der Waals surface area contributed by atoms with Crippen molar-refractivity contribution in [2.45, 2.75) is 13.8 Å². The van der Waals surface area contributed by atoms with E-state index in [-0.39, 0.29) is 6.61 Å². The monoisotopic (exact) mass is 356 g/mol. The second-order valence-corrected chi connectivity index (χ2v) is 6.38. The van der Waals surface area contributed by atoms with E-state index in [4.69, 9.17) is 9.47 Å². The van der Waals surface area contributed by atoms with E-state index in [0.29, 0.717) is 11.5 Å². The summed E-state index contributed by atoms with van der Waals surface area (Å²) in [5, 5.41) is 0.982. The van der Waals surface area contributed by atoms with E-state index in [0.717, 1.165) is 28.4 Å². The van der Waals surface area contributed by atoms with Crippen molar-refractivity contribution in [2.24, 2.45) is 0 Å². The number of para-hydroxylation sites is 1. The van der Waals surface area contributed by atoms with E-state index in [1.165, 1.54) is 0 Å². The molecule has 5 nitrogen and oxygen atoms in total. The fourth-order valence-electron chi connectivity index (χ4n) is 2.41. The number of nitrogens with zero attached hydrogens (tertiary/aromatic N) is 2. The molecule has 3 rings (SSSR count). The molecule has 130 valence electrons. The molecule has 0 unspecified atom stereocenters. The van der Waals surface area contributed by atoms with Gasteiger partial charge in [-0.15, -0.1) is 0 Å². The van der Waals surface area contributed by atoms with Gasteiger partial charge in [0.25, 0.3) is 0 Å². The molecule has 0 aliphatic heterocycles. The van der Waals surface area contributed by atoms with Crippen LogP contribution in [0.2, 0.25) is 0 Å². The molecule has 6 heteroatoms. The quantitative estimate of drug-likeness (QED) is 0.471. The number of carbonyl (C=O) groups is 1. The fourth-order valence-corrected chi connectivity index (χ4v) is 3.53. The van der Waals surface area contributed by atoms with Gasteiger partial charge in [0.15, 0.2) is 11.7 Å². The van der Waals surface area contributed by atoms with E-state index < -0.39 is 5.97 Å². The summed E-state index contributed by atoms with van der Waals surface area (Å²) in [5.74, 6) is 0.710. The number of benzene rings is 2. The summed E-state index contributed by atoms with van der Waals surface area (Å²) in [6, 6.07) is 14.7. The van der Waals surface area contributed by atoms with Gasteiger partial charge in [-0.3, -0.25) is 0 Å². The van der Waals surface area contributed by atoms with Gasteiger partial charge >= 0.3 is 5.97 Å². The van der Waals surface area contributed by atoms with Gasteiger partial charge < -0.3 is 14.4 Å². The highest BCUT2D eigenvalue weighted by atomic mass is 32.1. The molecule has 0 amide bonds. The summed E-state index contributed by atoms with van der Waals surface area (Å²) in [7, 11) is 0. The van der Waals surface area contributed by atoms with Crippen molar-refractivity contribution in [2.75, 3.05) is 24.6 Å². The van der Waals surface area contributed by atoms with Gasteiger partial charge in [0.05, 0.1) is 10.2 Å². The fraction of sp³-hybridized carbons (Fsp3) is 0.263. The molecule has 0 bridgehead atoms. The van der Waals surface area contributed by atoms with Gasteiger partial charge in [0, 0.05) is 19.2 Å². The minimum atomic E-state index is -0.434. The van der Waals surface area contributed by atoms with Crippen LogP contribution in [-0.4, -0.2) is 30.6 Å². The lowest BCUT2D eigenvalue weighted by atomic mass is 10.3. The number of fused-ring (bicyclic) bond motifs is 1. The Balaban J connectivity index is 1.66. The molecule has 0 aliphatic carbocycles. The van der Waals surface area contributed by atoms with Gasteiger partial charge in [0.2, 0.25) is 0 Å². The zero-order valence-corrected chi connectivity index (χ0v) is 15.1. The number of hydrogen-bond donors (Lipinski definition) is 0. The third-order valence-electron chi connectivity index (χ3n) is 3.71. The average molecular weight is 356 g/mol. The highest BCUT2D eigenvalue weighted by molar-refractivity contribution is 7.22. The Hall–Kier alpha value is -2.60. The Kier molecular flexibility index (Phi) is 5.50. The number of esters is 1. The molecule has 1 aromatic heterocycles. The Morgan fingerprint density at radius 3 is 2.56 bits per heavy atom. The normalized spacial score (nSPS) is 10.6. The molecule has 25 heavy (non-hydrogen) atoms. The summed E-state index contributed by atoms with van der Waals surface area (Å²) in [6.07, 6.45) is 0. The summed E-state index contributed by atoms with van der Waals surface area (Å²) in [4.78, 5) is 18.8. The van der Waals surface area contributed by atoms with Crippen molar-refractivity contribution >= 4 is 32.7 Å². The number of ether oxygens (including phenoxy) is 2. The molecule has 0 fully saturated rings. The first kappa shape index (κ1) is 17.2. The minimum absolute atomic E-state index is 0.130. The summed E-state index contributed by atoms with van der Waals surface area (Å²) in [5.41, 5.74) is 0.909. The van der Waals surface area contributed by atoms with Crippen molar-refractivity contribution in [3.8, 4) is 11.5 Å². The average Bonchev–Trinajstić information content (AvgIpc) is 3.05. The van der Waals surface area contributed by atoms with Crippen LogP contribution in [0.15, 0.2) is 48.5 Å². The first-order valence-corrected chi connectivity index (χ1v) is 9.05. The van der Waals surface area contributed by atoms with E-state index in [9.17, 15) is 4.79 Å². The topological polar surface area (TPSA) is 51.7 Å². The van der Waals surface area contributed by atoms with Crippen LogP contribution >= 0.6 is 11.3 Å². The predicted molar refractivity (Wildman–Crippen MR) is 101 cm³/mol. The molecule has 0 spiro atoms. The Bertz CT molecular complexity index is 844. The zero-order valence-electron chi connectivity index (χ0n) is 14.3. The minimum Gasteiger partial charge on any atom is -0.482 e. The maximum absolute atomic E-state index is 12.0. The number of rotatable bonds is 7. The van der Waals surface area contributed by atoms with E-state index >= 15 is 0 Å². The van der Waals surface area contributed by atoms with Crippen molar-refractivity contribution in [3.63, 3.8) is 0 Å². The van der Waals surface area contributed by atoms with Gasteiger partial charge in [-0.05, 0) is 38.1 Å². The van der Waals surface area contributed by atoms with Crippen molar-refractivity contribution in [1.29, 1.82) is 0 Å². The third-order valence-corrected chi connectivity index (χ3v) is 4.79. The van der Waals surface area contributed by atoms with Crippen molar-refractivity contribution < 1.29 is 14.3 Å². The first-order chi connectivity index (χ1) is 12.2. The van der Waals surface area contributed by atoms with E-state index in [2.05, 4.69) is 23.7 Å². The van der Waals surface area contributed by atoms with Gasteiger partial charge in [-0.25, -0.2) is 9.78 Å². The van der Waals surface area contributed by atoms with Crippen LogP contribution in [0, 0.1) is 0 Å². The number of aromatic nitrogens is 1. The molecule has 0 atom stereocenters. The number of carbonyl (C=O) groups excluding carboxylic acids is 1. The zero-order chi connectivity index (χ0) is 17.6. The number of anilines is 1. The highest BCUT2D eigenvalue weighted by Gasteiger charge is 2.11. The van der Waals surface area contributed by atoms with Crippen LogP contribution in [0.1, 0.15) is 13.8 Å².